The van der Waals surface area contributed by atoms with Crippen molar-refractivity contribution in [3.8, 4) is 0 Å². The molecule has 1 aliphatic rings. The summed E-state index contributed by atoms with van der Waals surface area (Å²) in [4.78, 5) is 42.9. The zero-order chi connectivity index (χ0) is 29.0. The smallest absolute Gasteiger partial charge is 0.247 e. The molecule has 0 unspecified atom stereocenters. The van der Waals surface area contributed by atoms with Crippen LogP contribution in [0.3, 0.4) is 0 Å². The summed E-state index contributed by atoms with van der Waals surface area (Å²) in [5.74, 6) is -1.13. The molecular formula is C34H44N4O3. The van der Waals surface area contributed by atoms with Crippen molar-refractivity contribution >= 4 is 28.5 Å². The van der Waals surface area contributed by atoms with Crippen LogP contribution >= 0.6 is 0 Å². The van der Waals surface area contributed by atoms with E-state index in [0.717, 1.165) is 48.8 Å². The second-order valence-corrected chi connectivity index (χ2v) is 10.9. The Labute approximate surface area is 244 Å². The van der Waals surface area contributed by atoms with E-state index in [9.17, 15) is 14.4 Å². The maximum Gasteiger partial charge on any atom is 0.247 e. The predicted octanol–water partition coefficient (Wildman–Crippen LogP) is 4.59. The van der Waals surface area contributed by atoms with E-state index in [4.69, 9.17) is 0 Å². The second kappa shape index (κ2) is 15.5. The van der Waals surface area contributed by atoms with E-state index in [1.165, 1.54) is 10.5 Å². The largest absolute Gasteiger partial charge is 0.354 e. The molecular weight excluding hydrogens is 512 g/mol. The molecule has 1 heterocycles. The van der Waals surface area contributed by atoms with E-state index >= 15 is 0 Å². The van der Waals surface area contributed by atoms with Gasteiger partial charge in [-0.3, -0.25) is 19.3 Å². The van der Waals surface area contributed by atoms with Crippen LogP contribution in [0.5, 0.6) is 0 Å². The van der Waals surface area contributed by atoms with Crippen molar-refractivity contribution in [3.05, 3.63) is 83.9 Å². The standard InChI is InChI=1S/C34H44N4O3/c1-3-27(4-2)33(40)38(34(41)30-16-10-20-36-30)31(23-26-17-18-28-14-8-9-15-29(28)22-26)32(39)37-21-11-19-35-24-25-12-6-5-7-13-25/h5-9,12-15,17-18,22,27,30-31,35-36H,3-4,10-11,16,19-21,23-24H2,1-2H3,(H,37,39)/t30-,31+/m0/s1. The normalized spacial score (nSPS) is 15.6. The van der Waals surface area contributed by atoms with Crippen LogP contribution in [-0.2, 0) is 27.3 Å². The molecule has 3 aromatic carbocycles. The average molecular weight is 557 g/mol. The topological polar surface area (TPSA) is 90.5 Å². The lowest BCUT2D eigenvalue weighted by molar-refractivity contribution is -0.155. The van der Waals surface area contributed by atoms with Crippen LogP contribution in [0.2, 0.25) is 0 Å². The first-order chi connectivity index (χ1) is 20.0. The van der Waals surface area contributed by atoms with Crippen LogP contribution in [0.4, 0.5) is 0 Å². The van der Waals surface area contributed by atoms with E-state index in [1.54, 1.807) is 0 Å². The van der Waals surface area contributed by atoms with Gasteiger partial charge in [0.05, 0.1) is 6.04 Å². The first-order valence-corrected chi connectivity index (χ1v) is 15.1. The highest BCUT2D eigenvalue weighted by molar-refractivity contribution is 6.03. The van der Waals surface area contributed by atoms with Gasteiger partial charge in [-0.15, -0.1) is 0 Å². The number of carbonyl (C=O) groups excluding carboxylic acids is 3. The van der Waals surface area contributed by atoms with E-state index in [2.05, 4.69) is 34.1 Å². The summed E-state index contributed by atoms with van der Waals surface area (Å²) in [7, 11) is 0. The Morgan fingerprint density at radius 2 is 1.63 bits per heavy atom. The third-order valence-electron chi connectivity index (χ3n) is 8.03. The Morgan fingerprint density at radius 1 is 0.902 bits per heavy atom. The third kappa shape index (κ3) is 8.24. The van der Waals surface area contributed by atoms with Gasteiger partial charge in [-0.2, -0.15) is 0 Å². The number of hydrogen-bond donors (Lipinski definition) is 3. The molecule has 0 bridgehead atoms. The first-order valence-electron chi connectivity index (χ1n) is 15.1. The summed E-state index contributed by atoms with van der Waals surface area (Å²) >= 11 is 0. The predicted molar refractivity (Wildman–Crippen MR) is 164 cm³/mol. The number of nitrogens with one attached hydrogen (secondary N) is 3. The molecule has 1 aliphatic heterocycles. The summed E-state index contributed by atoms with van der Waals surface area (Å²) in [6, 6.07) is 23.0. The zero-order valence-corrected chi connectivity index (χ0v) is 24.4. The maximum absolute atomic E-state index is 13.9. The number of rotatable bonds is 14. The average Bonchev–Trinajstić information content (AvgIpc) is 3.55. The summed E-state index contributed by atoms with van der Waals surface area (Å²) in [5, 5.41) is 11.9. The SMILES string of the molecule is CCC(CC)C(=O)N(C(=O)[C@@H]1CCCN1)[C@H](Cc1ccc2ccccc2c1)C(=O)NCCCNCc1ccccc1. The van der Waals surface area contributed by atoms with Crippen molar-refractivity contribution in [1.29, 1.82) is 0 Å². The molecule has 7 nitrogen and oxygen atoms in total. The van der Waals surface area contributed by atoms with Gasteiger partial charge in [-0.05, 0) is 67.1 Å². The zero-order valence-electron chi connectivity index (χ0n) is 24.4. The number of imide groups is 1. The van der Waals surface area contributed by atoms with Crippen molar-refractivity contribution in [3.63, 3.8) is 0 Å². The first kappa shape index (κ1) is 30.4. The molecule has 0 aliphatic carbocycles. The molecule has 0 aromatic heterocycles. The van der Waals surface area contributed by atoms with Gasteiger partial charge in [0.15, 0.2) is 0 Å². The Kier molecular flexibility index (Phi) is 11.5. The van der Waals surface area contributed by atoms with Gasteiger partial charge in [0.1, 0.15) is 6.04 Å². The molecule has 7 heteroatoms. The fourth-order valence-electron chi connectivity index (χ4n) is 5.58. The minimum Gasteiger partial charge on any atom is -0.354 e. The van der Waals surface area contributed by atoms with Crippen molar-refractivity contribution < 1.29 is 14.4 Å². The fraction of sp³-hybridized carbons (Fsp3) is 0.441. The molecule has 0 saturated carbocycles. The Bertz CT molecular complexity index is 1270. The van der Waals surface area contributed by atoms with Crippen molar-refractivity contribution in [1.82, 2.24) is 20.9 Å². The van der Waals surface area contributed by atoms with Gasteiger partial charge in [-0.25, -0.2) is 0 Å². The van der Waals surface area contributed by atoms with Crippen LogP contribution in [0.15, 0.2) is 72.8 Å². The molecule has 2 atom stereocenters. The highest BCUT2D eigenvalue weighted by Crippen LogP contribution is 2.23. The fourth-order valence-corrected chi connectivity index (χ4v) is 5.58. The molecule has 3 aromatic rings. The molecule has 1 fully saturated rings. The van der Waals surface area contributed by atoms with Gasteiger partial charge in [0.2, 0.25) is 17.7 Å². The van der Waals surface area contributed by atoms with Crippen molar-refractivity contribution in [2.75, 3.05) is 19.6 Å². The van der Waals surface area contributed by atoms with Gasteiger partial charge in [0.25, 0.3) is 0 Å². The minimum absolute atomic E-state index is 0.251. The van der Waals surface area contributed by atoms with Crippen LogP contribution in [0.1, 0.15) is 57.1 Å². The molecule has 41 heavy (non-hydrogen) atoms. The molecule has 1 saturated heterocycles. The van der Waals surface area contributed by atoms with Gasteiger partial charge >= 0.3 is 0 Å². The number of carbonyl (C=O) groups is 3. The lowest BCUT2D eigenvalue weighted by Gasteiger charge is -2.33. The van der Waals surface area contributed by atoms with Crippen LogP contribution in [0, 0.1) is 5.92 Å². The summed E-state index contributed by atoms with van der Waals surface area (Å²) in [6.45, 7) is 6.62. The highest BCUT2D eigenvalue weighted by atomic mass is 16.2. The minimum atomic E-state index is -0.920. The van der Waals surface area contributed by atoms with Crippen LogP contribution in [0.25, 0.3) is 10.8 Å². The molecule has 0 radical (unpaired) electrons. The number of nitrogens with zero attached hydrogens (tertiary/aromatic N) is 1. The lowest BCUT2D eigenvalue weighted by Crippen LogP contribution is -2.58. The van der Waals surface area contributed by atoms with Gasteiger partial charge in [0, 0.05) is 25.4 Å². The Hall–Kier alpha value is -3.55. The Balaban J connectivity index is 1.52. The number of amides is 3. The van der Waals surface area contributed by atoms with E-state index in [-0.39, 0.29) is 30.1 Å². The highest BCUT2D eigenvalue weighted by Gasteiger charge is 2.40. The molecule has 0 spiro atoms. The maximum atomic E-state index is 13.9. The molecule has 218 valence electrons. The lowest BCUT2D eigenvalue weighted by atomic mass is 9.96. The van der Waals surface area contributed by atoms with E-state index in [1.807, 2.05) is 68.4 Å². The molecule has 3 amide bonds. The van der Waals surface area contributed by atoms with Gasteiger partial charge < -0.3 is 16.0 Å². The third-order valence-corrected chi connectivity index (χ3v) is 8.03. The quantitative estimate of drug-likeness (QED) is 0.253. The van der Waals surface area contributed by atoms with Gasteiger partial charge in [-0.1, -0.05) is 86.6 Å². The van der Waals surface area contributed by atoms with Crippen LogP contribution in [-0.4, -0.2) is 54.3 Å². The molecule has 4 rings (SSSR count). The second-order valence-electron chi connectivity index (χ2n) is 10.9. The summed E-state index contributed by atoms with van der Waals surface area (Å²) in [5.41, 5.74) is 2.13. The number of benzene rings is 3. The number of fused-ring (bicyclic) bond motifs is 1. The monoisotopic (exact) mass is 556 g/mol. The van der Waals surface area contributed by atoms with E-state index in [0.29, 0.717) is 25.8 Å². The summed E-state index contributed by atoms with van der Waals surface area (Å²) in [6.07, 6.45) is 3.79. The van der Waals surface area contributed by atoms with Crippen molar-refractivity contribution in [2.24, 2.45) is 5.92 Å². The van der Waals surface area contributed by atoms with E-state index < -0.39 is 12.1 Å². The van der Waals surface area contributed by atoms with Crippen molar-refractivity contribution in [2.45, 2.75) is 71.0 Å². The Morgan fingerprint density at radius 3 is 2.34 bits per heavy atom. The summed E-state index contributed by atoms with van der Waals surface area (Å²) < 4.78 is 0. The van der Waals surface area contributed by atoms with Crippen LogP contribution < -0.4 is 16.0 Å². The number of hydrogen-bond acceptors (Lipinski definition) is 5. The molecule has 3 N–H and O–H groups in total.